The SMILES string of the molecule is Cn1c(=O)c(C(=O)/C=C\c2cccc3ncccc23)c(-c2ccccc2)c2ccc(Cl)cc21. The maximum absolute atomic E-state index is 13.5. The highest BCUT2D eigenvalue weighted by Gasteiger charge is 2.21. The number of carbonyl (C=O) groups excluding carboxylic acids is 1. The minimum Gasteiger partial charge on any atom is -0.311 e. The normalized spacial score (nSPS) is 11.5. The van der Waals surface area contributed by atoms with Gasteiger partial charge in [0.2, 0.25) is 0 Å². The van der Waals surface area contributed by atoms with Crippen molar-refractivity contribution in [2.24, 2.45) is 7.05 Å². The van der Waals surface area contributed by atoms with Crippen LogP contribution in [0.5, 0.6) is 0 Å². The van der Waals surface area contributed by atoms with Gasteiger partial charge in [0, 0.05) is 34.6 Å². The van der Waals surface area contributed by atoms with E-state index in [-0.39, 0.29) is 16.9 Å². The maximum Gasteiger partial charge on any atom is 0.262 e. The molecular formula is C28H19ClN2O2. The molecule has 4 nitrogen and oxygen atoms in total. The van der Waals surface area contributed by atoms with Gasteiger partial charge in [-0.2, -0.15) is 0 Å². The number of rotatable bonds is 4. The van der Waals surface area contributed by atoms with Crippen LogP contribution in [0.1, 0.15) is 15.9 Å². The molecule has 160 valence electrons. The topological polar surface area (TPSA) is 52.0 Å². The van der Waals surface area contributed by atoms with Gasteiger partial charge in [-0.25, -0.2) is 0 Å². The summed E-state index contributed by atoms with van der Waals surface area (Å²) in [5.41, 5.74) is 3.56. The van der Waals surface area contributed by atoms with Gasteiger partial charge >= 0.3 is 0 Å². The Morgan fingerprint density at radius 3 is 2.58 bits per heavy atom. The molecule has 5 heteroatoms. The molecule has 5 aromatic rings. The summed E-state index contributed by atoms with van der Waals surface area (Å²) in [7, 11) is 1.66. The summed E-state index contributed by atoms with van der Waals surface area (Å²) < 4.78 is 1.48. The lowest BCUT2D eigenvalue weighted by Gasteiger charge is -2.15. The van der Waals surface area contributed by atoms with Crippen LogP contribution in [-0.2, 0) is 7.05 Å². The van der Waals surface area contributed by atoms with Crippen LogP contribution in [0.15, 0.2) is 95.9 Å². The van der Waals surface area contributed by atoms with E-state index >= 15 is 0 Å². The summed E-state index contributed by atoms with van der Waals surface area (Å²) >= 11 is 6.21. The van der Waals surface area contributed by atoms with Crippen molar-refractivity contribution in [1.82, 2.24) is 9.55 Å². The summed E-state index contributed by atoms with van der Waals surface area (Å²) in [5.74, 6) is -0.354. The number of hydrogen-bond donors (Lipinski definition) is 0. The largest absolute Gasteiger partial charge is 0.311 e. The minimum absolute atomic E-state index is 0.133. The Labute approximate surface area is 195 Å². The monoisotopic (exact) mass is 450 g/mol. The van der Waals surface area contributed by atoms with Gasteiger partial charge in [-0.1, -0.05) is 72.3 Å². The lowest BCUT2D eigenvalue weighted by atomic mass is 9.93. The first-order valence-electron chi connectivity index (χ1n) is 10.5. The van der Waals surface area contributed by atoms with Gasteiger partial charge in [0.15, 0.2) is 5.78 Å². The van der Waals surface area contributed by atoms with E-state index in [4.69, 9.17) is 11.6 Å². The van der Waals surface area contributed by atoms with Crippen LogP contribution in [-0.4, -0.2) is 15.3 Å². The molecule has 0 saturated carbocycles. The van der Waals surface area contributed by atoms with Crippen molar-refractivity contribution in [3.63, 3.8) is 0 Å². The van der Waals surface area contributed by atoms with E-state index in [1.54, 1.807) is 31.5 Å². The molecule has 0 bridgehead atoms. The third-order valence-corrected chi connectivity index (χ3v) is 6.00. The third-order valence-electron chi connectivity index (χ3n) is 5.76. The van der Waals surface area contributed by atoms with Crippen LogP contribution in [0.2, 0.25) is 5.02 Å². The second kappa shape index (κ2) is 8.49. The number of pyridine rings is 2. The lowest BCUT2D eigenvalue weighted by Crippen LogP contribution is -2.25. The highest BCUT2D eigenvalue weighted by atomic mass is 35.5. The van der Waals surface area contributed by atoms with Crippen LogP contribution < -0.4 is 5.56 Å². The second-order valence-corrected chi connectivity index (χ2v) is 8.19. The molecule has 33 heavy (non-hydrogen) atoms. The molecule has 0 unspecified atom stereocenters. The number of ketones is 1. The number of halogens is 1. The first kappa shape index (κ1) is 20.9. The number of hydrogen-bond acceptors (Lipinski definition) is 3. The molecule has 0 spiro atoms. The van der Waals surface area contributed by atoms with Gasteiger partial charge in [0.05, 0.1) is 16.6 Å². The second-order valence-electron chi connectivity index (χ2n) is 7.76. The van der Waals surface area contributed by atoms with Gasteiger partial charge in [0.1, 0.15) is 0 Å². The van der Waals surface area contributed by atoms with Crippen molar-refractivity contribution < 1.29 is 4.79 Å². The highest BCUT2D eigenvalue weighted by Crippen LogP contribution is 2.32. The Hall–Kier alpha value is -4.02. The predicted octanol–water partition coefficient (Wildman–Crippen LogP) is 6.30. The van der Waals surface area contributed by atoms with Crippen molar-refractivity contribution >= 4 is 45.3 Å². The average molecular weight is 451 g/mol. The van der Waals surface area contributed by atoms with E-state index in [1.807, 2.05) is 66.7 Å². The van der Waals surface area contributed by atoms with Crippen molar-refractivity contribution in [3.05, 3.63) is 118 Å². The summed E-state index contributed by atoms with van der Waals surface area (Å²) in [5, 5.41) is 2.26. The summed E-state index contributed by atoms with van der Waals surface area (Å²) in [6.45, 7) is 0. The fourth-order valence-electron chi connectivity index (χ4n) is 4.17. The van der Waals surface area contributed by atoms with E-state index in [1.165, 1.54) is 10.6 Å². The molecule has 2 heterocycles. The Balaban J connectivity index is 1.73. The molecule has 2 aromatic heterocycles. The number of aromatic nitrogens is 2. The van der Waals surface area contributed by atoms with Crippen molar-refractivity contribution in [3.8, 4) is 11.1 Å². The van der Waals surface area contributed by atoms with Crippen molar-refractivity contribution in [2.45, 2.75) is 0 Å². The first-order valence-corrected chi connectivity index (χ1v) is 10.9. The molecule has 0 aliphatic carbocycles. The van der Waals surface area contributed by atoms with E-state index in [0.29, 0.717) is 16.1 Å². The molecule has 0 saturated heterocycles. The lowest BCUT2D eigenvalue weighted by molar-refractivity contribution is 0.104. The van der Waals surface area contributed by atoms with Crippen LogP contribution in [0, 0.1) is 0 Å². The van der Waals surface area contributed by atoms with E-state index in [9.17, 15) is 9.59 Å². The maximum atomic E-state index is 13.5. The summed E-state index contributed by atoms with van der Waals surface area (Å²) in [6, 6.07) is 24.4. The van der Waals surface area contributed by atoms with Crippen LogP contribution in [0.25, 0.3) is 39.0 Å². The molecule has 0 N–H and O–H groups in total. The van der Waals surface area contributed by atoms with E-state index in [0.717, 1.165) is 27.4 Å². The molecule has 0 amide bonds. The van der Waals surface area contributed by atoms with Gasteiger partial charge in [0.25, 0.3) is 5.56 Å². The highest BCUT2D eigenvalue weighted by molar-refractivity contribution is 6.31. The van der Waals surface area contributed by atoms with Gasteiger partial charge in [-0.3, -0.25) is 14.6 Å². The summed E-state index contributed by atoms with van der Waals surface area (Å²) in [4.78, 5) is 31.3. The Morgan fingerprint density at radius 2 is 1.76 bits per heavy atom. The average Bonchev–Trinajstić information content (AvgIpc) is 2.85. The Morgan fingerprint density at radius 1 is 0.939 bits per heavy atom. The molecule has 5 rings (SSSR count). The fourth-order valence-corrected chi connectivity index (χ4v) is 4.33. The molecule has 0 fully saturated rings. The van der Waals surface area contributed by atoms with Gasteiger partial charge < -0.3 is 4.57 Å². The molecule has 0 atom stereocenters. The predicted molar refractivity (Wildman–Crippen MR) is 135 cm³/mol. The zero-order valence-electron chi connectivity index (χ0n) is 17.8. The van der Waals surface area contributed by atoms with Gasteiger partial charge in [-0.05, 0) is 41.5 Å². The quantitative estimate of drug-likeness (QED) is 0.238. The number of nitrogens with zero attached hydrogens (tertiary/aromatic N) is 2. The Kier molecular flexibility index (Phi) is 5.37. The smallest absolute Gasteiger partial charge is 0.262 e. The standard InChI is InChI=1S/C28H19ClN2O2/c1-31-24-17-20(29)13-14-22(24)26(19-7-3-2-4-8-19)27(28(31)33)25(32)15-12-18-9-5-11-23-21(18)10-6-16-30-23/h2-17H,1H3/b15-12-. The first-order chi connectivity index (χ1) is 16.0. The number of carbonyl (C=O) groups is 1. The molecule has 0 aliphatic rings. The van der Waals surface area contributed by atoms with E-state index in [2.05, 4.69) is 4.98 Å². The molecular weight excluding hydrogens is 432 g/mol. The number of fused-ring (bicyclic) bond motifs is 2. The van der Waals surface area contributed by atoms with Crippen LogP contribution >= 0.6 is 11.6 Å². The molecule has 0 radical (unpaired) electrons. The fraction of sp³-hybridized carbons (Fsp3) is 0.0357. The molecule has 3 aromatic carbocycles. The summed E-state index contributed by atoms with van der Waals surface area (Å²) in [6.07, 6.45) is 4.94. The van der Waals surface area contributed by atoms with Gasteiger partial charge in [-0.15, -0.1) is 0 Å². The van der Waals surface area contributed by atoms with Crippen molar-refractivity contribution in [1.29, 1.82) is 0 Å². The van der Waals surface area contributed by atoms with Crippen molar-refractivity contribution in [2.75, 3.05) is 0 Å². The number of allylic oxidation sites excluding steroid dienone is 1. The third kappa shape index (κ3) is 3.75. The zero-order chi connectivity index (χ0) is 22.9. The number of benzene rings is 3. The zero-order valence-corrected chi connectivity index (χ0v) is 18.6. The number of aryl methyl sites for hydroxylation is 1. The van der Waals surface area contributed by atoms with E-state index < -0.39 is 0 Å². The molecule has 0 aliphatic heterocycles. The Bertz CT molecular complexity index is 1610. The minimum atomic E-state index is -0.363. The van der Waals surface area contributed by atoms with Crippen LogP contribution in [0.4, 0.5) is 0 Å². The van der Waals surface area contributed by atoms with Crippen LogP contribution in [0.3, 0.4) is 0 Å².